The molecule has 2 aliphatic heterocycles. The first kappa shape index (κ1) is 20.2. The molecule has 0 aliphatic carbocycles. The second-order valence-electron chi connectivity index (χ2n) is 9.82. The van der Waals surface area contributed by atoms with Crippen LogP contribution in [0, 0.1) is 0 Å². The molecule has 0 saturated carbocycles. The van der Waals surface area contributed by atoms with Gasteiger partial charge in [0.1, 0.15) is 23.2 Å². The molecule has 0 spiro atoms. The van der Waals surface area contributed by atoms with Crippen LogP contribution in [0.4, 0.5) is 0 Å². The Balaban J connectivity index is 1.96. The Morgan fingerprint density at radius 2 is 1.00 bits per heavy atom. The second kappa shape index (κ2) is 6.72. The minimum atomic E-state index is -0.424. The van der Waals surface area contributed by atoms with Gasteiger partial charge in [0.15, 0.2) is 0 Å². The molecule has 4 rings (SSSR count). The van der Waals surface area contributed by atoms with Crippen LogP contribution in [-0.2, 0) is 0 Å². The van der Waals surface area contributed by atoms with Gasteiger partial charge in [0, 0.05) is 10.6 Å². The van der Waals surface area contributed by atoms with Crippen molar-refractivity contribution < 1.29 is 9.47 Å². The van der Waals surface area contributed by atoms with Crippen molar-refractivity contribution in [2.24, 2.45) is 0 Å². The van der Waals surface area contributed by atoms with Crippen molar-refractivity contribution in [1.29, 1.82) is 0 Å². The highest BCUT2D eigenvalue weighted by Crippen LogP contribution is 2.62. The van der Waals surface area contributed by atoms with Gasteiger partial charge in [-0.2, -0.15) is 0 Å². The number of hydrogen-bond donors (Lipinski definition) is 0. The fourth-order valence-corrected chi connectivity index (χ4v) is 11.1. The third-order valence-corrected chi connectivity index (χ3v) is 12.0. The Hall–Kier alpha value is -1.10. The van der Waals surface area contributed by atoms with Crippen LogP contribution in [0.1, 0.15) is 55.4 Å². The first-order valence-corrected chi connectivity index (χ1v) is 13.0. The van der Waals surface area contributed by atoms with E-state index in [1.807, 2.05) is 0 Å². The van der Waals surface area contributed by atoms with Crippen molar-refractivity contribution >= 4 is 26.5 Å². The van der Waals surface area contributed by atoms with Gasteiger partial charge in [-0.3, -0.25) is 0 Å². The minimum Gasteiger partial charge on any atom is -0.485 e. The highest BCUT2D eigenvalue weighted by Gasteiger charge is 2.44. The largest absolute Gasteiger partial charge is 0.485 e. The van der Waals surface area contributed by atoms with Crippen molar-refractivity contribution in [3.8, 4) is 22.6 Å². The lowest BCUT2D eigenvalue weighted by Gasteiger charge is -2.33. The summed E-state index contributed by atoms with van der Waals surface area (Å²) in [5.74, 6) is 2.66. The minimum absolute atomic E-state index is 0.201. The molecule has 2 aromatic rings. The van der Waals surface area contributed by atoms with E-state index >= 15 is 0 Å². The summed E-state index contributed by atoms with van der Waals surface area (Å²) in [7, 11) is -0.847. The van der Waals surface area contributed by atoms with Gasteiger partial charge in [0.2, 0.25) is 0 Å². The van der Waals surface area contributed by atoms with Crippen LogP contribution >= 0.6 is 15.8 Å². The van der Waals surface area contributed by atoms with E-state index in [1.54, 1.807) is 0 Å². The van der Waals surface area contributed by atoms with Crippen molar-refractivity contribution in [2.45, 2.75) is 77.4 Å². The third kappa shape index (κ3) is 3.18. The summed E-state index contributed by atoms with van der Waals surface area (Å²) in [5.41, 5.74) is 2.71. The zero-order chi connectivity index (χ0) is 20.4. The molecule has 4 atom stereocenters. The molecular weight excluding hydrogens is 382 g/mol. The summed E-state index contributed by atoms with van der Waals surface area (Å²) in [6, 6.07) is 13.2. The van der Waals surface area contributed by atoms with Crippen molar-refractivity contribution in [1.82, 2.24) is 0 Å². The van der Waals surface area contributed by atoms with Crippen LogP contribution in [0.15, 0.2) is 36.4 Å². The Bertz CT molecular complexity index is 832. The standard InChI is InChI=1S/C24H32O2P2/c1-15-25-19-13-9-11-17(21(19)27(15)23(3,4)5)18-12-10-14-20-22(18)28(16(2)26-20)24(6,7)8/h9-16H,1-8H3/t15-,16-,27+,28+/m0/s1. The summed E-state index contributed by atoms with van der Waals surface area (Å²) in [4.78, 5) is 0. The summed E-state index contributed by atoms with van der Waals surface area (Å²) in [6.45, 7) is 18.6. The lowest BCUT2D eigenvalue weighted by atomic mass is 10.0. The third-order valence-electron chi connectivity index (χ3n) is 5.54. The van der Waals surface area contributed by atoms with Gasteiger partial charge in [-0.05, 0) is 63.3 Å². The first-order valence-electron chi connectivity index (χ1n) is 10.2. The molecule has 2 nitrogen and oxygen atoms in total. The lowest BCUT2D eigenvalue weighted by Crippen LogP contribution is -2.25. The molecule has 0 N–H and O–H groups in total. The van der Waals surface area contributed by atoms with Gasteiger partial charge in [0.25, 0.3) is 0 Å². The summed E-state index contributed by atoms with van der Waals surface area (Å²) >= 11 is 0. The van der Waals surface area contributed by atoms with E-state index < -0.39 is 15.8 Å². The number of benzene rings is 2. The van der Waals surface area contributed by atoms with E-state index in [4.69, 9.17) is 9.47 Å². The van der Waals surface area contributed by atoms with Crippen LogP contribution in [0.5, 0.6) is 11.5 Å². The molecule has 0 bridgehead atoms. The zero-order valence-corrected chi connectivity index (χ0v) is 20.1. The van der Waals surface area contributed by atoms with Crippen LogP contribution < -0.4 is 20.1 Å². The van der Waals surface area contributed by atoms with Crippen LogP contribution in [0.2, 0.25) is 0 Å². The van der Waals surface area contributed by atoms with Crippen LogP contribution in [-0.4, -0.2) is 22.0 Å². The average Bonchev–Trinajstić information content (AvgIpc) is 3.08. The van der Waals surface area contributed by atoms with Gasteiger partial charge in [0.05, 0.1) is 0 Å². The van der Waals surface area contributed by atoms with Gasteiger partial charge in [-0.25, -0.2) is 0 Å². The maximum absolute atomic E-state index is 6.35. The van der Waals surface area contributed by atoms with Crippen LogP contribution in [0.25, 0.3) is 11.1 Å². The molecule has 0 amide bonds. The predicted octanol–water partition coefficient (Wildman–Crippen LogP) is 6.64. The number of ether oxygens (including phenoxy) is 2. The summed E-state index contributed by atoms with van der Waals surface area (Å²) in [6.07, 6.45) is 0. The van der Waals surface area contributed by atoms with Crippen molar-refractivity contribution in [3.63, 3.8) is 0 Å². The second-order valence-corrected chi connectivity index (χ2v) is 16.3. The number of hydrogen-bond acceptors (Lipinski definition) is 2. The summed E-state index contributed by atoms with van der Waals surface area (Å²) in [5, 5.41) is 3.28. The molecule has 4 heteroatoms. The molecular formula is C24H32O2P2. The smallest absolute Gasteiger partial charge is 0.128 e. The fourth-order valence-electron chi connectivity index (χ4n) is 4.76. The van der Waals surface area contributed by atoms with Crippen molar-refractivity contribution in [3.05, 3.63) is 36.4 Å². The summed E-state index contributed by atoms with van der Waals surface area (Å²) < 4.78 is 12.7. The predicted molar refractivity (Wildman–Crippen MR) is 125 cm³/mol. The van der Waals surface area contributed by atoms with Gasteiger partial charge in [-0.1, -0.05) is 65.8 Å². The van der Waals surface area contributed by atoms with Gasteiger partial charge < -0.3 is 9.47 Å². The van der Waals surface area contributed by atoms with Crippen molar-refractivity contribution in [2.75, 3.05) is 0 Å². The molecule has 0 aromatic heterocycles. The van der Waals surface area contributed by atoms with E-state index in [-0.39, 0.29) is 22.0 Å². The molecule has 0 saturated heterocycles. The molecule has 2 heterocycles. The molecule has 0 unspecified atom stereocenters. The highest BCUT2D eigenvalue weighted by molar-refractivity contribution is 7.69. The van der Waals surface area contributed by atoms with E-state index in [9.17, 15) is 0 Å². The monoisotopic (exact) mass is 414 g/mol. The molecule has 150 valence electrons. The number of rotatable bonds is 1. The van der Waals surface area contributed by atoms with E-state index in [0.29, 0.717) is 0 Å². The number of fused-ring (bicyclic) bond motifs is 2. The molecule has 0 radical (unpaired) electrons. The Kier molecular flexibility index (Phi) is 4.84. The average molecular weight is 414 g/mol. The Morgan fingerprint density at radius 3 is 1.32 bits per heavy atom. The fraction of sp³-hybridized carbons (Fsp3) is 0.500. The van der Waals surface area contributed by atoms with E-state index in [0.717, 1.165) is 11.5 Å². The molecule has 0 fully saturated rings. The maximum atomic E-state index is 6.35. The Morgan fingerprint density at radius 1 is 0.643 bits per heavy atom. The topological polar surface area (TPSA) is 18.5 Å². The van der Waals surface area contributed by atoms with Crippen LogP contribution in [0.3, 0.4) is 0 Å². The highest BCUT2D eigenvalue weighted by atomic mass is 31.1. The van der Waals surface area contributed by atoms with E-state index in [2.05, 4.69) is 91.8 Å². The first-order chi connectivity index (χ1) is 13.0. The quantitative estimate of drug-likeness (QED) is 0.487. The van der Waals surface area contributed by atoms with E-state index in [1.165, 1.54) is 21.7 Å². The normalized spacial score (nSPS) is 26.4. The zero-order valence-electron chi connectivity index (χ0n) is 18.3. The molecule has 28 heavy (non-hydrogen) atoms. The van der Waals surface area contributed by atoms with Gasteiger partial charge in [-0.15, -0.1) is 0 Å². The Labute approximate surface area is 172 Å². The maximum Gasteiger partial charge on any atom is 0.128 e. The molecule has 2 aliphatic rings. The lowest BCUT2D eigenvalue weighted by molar-refractivity contribution is 0.312. The SMILES string of the molecule is C[C@H]1Oc2cccc(-c3cccc4c3[P@](C(C)(C)C)[C@@H](C)O4)c2[P@]1C(C)(C)C. The molecule has 2 aromatic carbocycles. The van der Waals surface area contributed by atoms with Gasteiger partial charge >= 0.3 is 0 Å².